The van der Waals surface area contributed by atoms with Gasteiger partial charge < -0.3 is 0 Å². The standard InChI is InChI=1S/C29H34N2/c1-23-5-12-27(13-6-23)28-14-16-29(30-22-28)15-11-26-9-7-25(8-10-26)4-3-19-31-20-17-24(2)18-21-31/h3-4,7-10,12,14,16,22-24H,5-6,13,17-21H2,1-2H3/b4-3+. The number of piperidine rings is 1. The summed E-state index contributed by atoms with van der Waals surface area (Å²) in [4.78, 5) is 7.11. The van der Waals surface area contributed by atoms with E-state index in [-0.39, 0.29) is 0 Å². The molecule has 0 spiro atoms. The van der Waals surface area contributed by atoms with E-state index in [0.29, 0.717) is 0 Å². The lowest BCUT2D eigenvalue weighted by Gasteiger charge is -2.29. The molecule has 160 valence electrons. The minimum absolute atomic E-state index is 0.808. The fraction of sp³-hybridized carbons (Fsp3) is 0.414. The molecule has 2 nitrogen and oxygen atoms in total. The van der Waals surface area contributed by atoms with Gasteiger partial charge in [0.25, 0.3) is 0 Å². The largest absolute Gasteiger partial charge is 0.300 e. The van der Waals surface area contributed by atoms with Gasteiger partial charge in [-0.3, -0.25) is 4.90 Å². The minimum atomic E-state index is 0.808. The zero-order valence-corrected chi connectivity index (χ0v) is 19.0. The summed E-state index contributed by atoms with van der Waals surface area (Å²) in [5.41, 5.74) is 5.76. The van der Waals surface area contributed by atoms with E-state index < -0.39 is 0 Å². The lowest BCUT2D eigenvalue weighted by Crippen LogP contribution is -2.32. The Kier molecular flexibility index (Phi) is 7.39. The van der Waals surface area contributed by atoms with Crippen molar-refractivity contribution in [1.29, 1.82) is 0 Å². The summed E-state index contributed by atoms with van der Waals surface area (Å²) in [6.45, 7) is 8.19. The molecule has 1 aliphatic heterocycles. The summed E-state index contributed by atoms with van der Waals surface area (Å²) in [6, 6.07) is 12.7. The molecule has 0 radical (unpaired) electrons. The molecule has 1 saturated heterocycles. The molecule has 2 aliphatic rings. The fourth-order valence-electron chi connectivity index (χ4n) is 4.28. The first-order valence-electron chi connectivity index (χ1n) is 11.8. The van der Waals surface area contributed by atoms with E-state index in [1.807, 2.05) is 12.3 Å². The normalized spacial score (nSPS) is 20.3. The summed E-state index contributed by atoms with van der Waals surface area (Å²) in [7, 11) is 0. The van der Waals surface area contributed by atoms with Crippen LogP contribution in [0.1, 0.15) is 68.3 Å². The highest BCUT2D eigenvalue weighted by Crippen LogP contribution is 2.29. The predicted molar refractivity (Wildman–Crippen MR) is 132 cm³/mol. The van der Waals surface area contributed by atoms with Gasteiger partial charge in [0.2, 0.25) is 0 Å². The molecule has 0 N–H and O–H groups in total. The predicted octanol–water partition coefficient (Wildman–Crippen LogP) is 6.43. The van der Waals surface area contributed by atoms with Crippen LogP contribution in [0.25, 0.3) is 11.6 Å². The van der Waals surface area contributed by atoms with Crippen LogP contribution in [0.3, 0.4) is 0 Å². The lowest BCUT2D eigenvalue weighted by molar-refractivity contribution is 0.210. The third-order valence-corrected chi connectivity index (χ3v) is 6.60. The average Bonchev–Trinajstić information content (AvgIpc) is 2.81. The highest BCUT2D eigenvalue weighted by molar-refractivity contribution is 5.66. The van der Waals surface area contributed by atoms with Crippen molar-refractivity contribution in [3.63, 3.8) is 0 Å². The van der Waals surface area contributed by atoms with Gasteiger partial charge in [0.05, 0.1) is 0 Å². The van der Waals surface area contributed by atoms with Crippen LogP contribution < -0.4 is 0 Å². The Morgan fingerprint density at radius 2 is 1.77 bits per heavy atom. The van der Waals surface area contributed by atoms with E-state index in [2.05, 4.69) is 84.1 Å². The molecular weight excluding hydrogens is 376 g/mol. The Balaban J connectivity index is 1.31. The van der Waals surface area contributed by atoms with Crippen molar-refractivity contribution in [3.8, 4) is 11.8 Å². The van der Waals surface area contributed by atoms with Gasteiger partial charge in [-0.25, -0.2) is 4.98 Å². The molecule has 0 amide bonds. The van der Waals surface area contributed by atoms with E-state index in [1.165, 1.54) is 55.5 Å². The third kappa shape index (κ3) is 6.42. The smallest absolute Gasteiger partial charge is 0.113 e. The second kappa shape index (κ2) is 10.6. The van der Waals surface area contributed by atoms with Crippen LogP contribution in [0.5, 0.6) is 0 Å². The molecule has 31 heavy (non-hydrogen) atoms. The molecule has 0 saturated carbocycles. The molecule has 2 heteroatoms. The maximum Gasteiger partial charge on any atom is 0.113 e. The Morgan fingerprint density at radius 1 is 0.968 bits per heavy atom. The molecule has 1 aromatic heterocycles. The van der Waals surface area contributed by atoms with Crippen LogP contribution in [0.2, 0.25) is 0 Å². The van der Waals surface area contributed by atoms with E-state index in [4.69, 9.17) is 0 Å². The zero-order chi connectivity index (χ0) is 21.5. The van der Waals surface area contributed by atoms with Crippen LogP contribution >= 0.6 is 0 Å². The highest BCUT2D eigenvalue weighted by Gasteiger charge is 2.14. The monoisotopic (exact) mass is 410 g/mol. The van der Waals surface area contributed by atoms with E-state index in [0.717, 1.165) is 36.1 Å². The second-order valence-electron chi connectivity index (χ2n) is 9.30. The van der Waals surface area contributed by atoms with Crippen molar-refractivity contribution in [2.24, 2.45) is 11.8 Å². The number of hydrogen-bond donors (Lipinski definition) is 0. The fourth-order valence-corrected chi connectivity index (χ4v) is 4.28. The number of nitrogens with zero attached hydrogens (tertiary/aromatic N) is 2. The molecule has 1 atom stereocenters. The quantitative estimate of drug-likeness (QED) is 0.540. The van der Waals surface area contributed by atoms with E-state index in [9.17, 15) is 0 Å². The summed E-state index contributed by atoms with van der Waals surface area (Å²) in [6.07, 6.45) is 15.1. The second-order valence-corrected chi connectivity index (χ2v) is 9.30. The summed E-state index contributed by atoms with van der Waals surface area (Å²) < 4.78 is 0. The number of likely N-dealkylation sites (tertiary alicyclic amines) is 1. The van der Waals surface area contributed by atoms with Gasteiger partial charge in [0.1, 0.15) is 5.69 Å². The summed E-state index contributed by atoms with van der Waals surface area (Å²) >= 11 is 0. The van der Waals surface area contributed by atoms with Crippen LogP contribution in [0, 0.1) is 23.7 Å². The van der Waals surface area contributed by atoms with Gasteiger partial charge in [0, 0.05) is 18.3 Å². The third-order valence-electron chi connectivity index (χ3n) is 6.60. The Labute approximate surface area is 188 Å². The van der Waals surface area contributed by atoms with E-state index in [1.54, 1.807) is 0 Å². The Hall–Kier alpha value is -2.63. The molecule has 0 bridgehead atoms. The minimum Gasteiger partial charge on any atom is -0.300 e. The first kappa shape index (κ1) is 21.6. The van der Waals surface area contributed by atoms with Crippen molar-refractivity contribution < 1.29 is 0 Å². The first-order valence-corrected chi connectivity index (χ1v) is 11.8. The van der Waals surface area contributed by atoms with Crippen molar-refractivity contribution in [2.45, 2.75) is 46.0 Å². The van der Waals surface area contributed by atoms with Crippen LogP contribution in [0.4, 0.5) is 0 Å². The number of benzene rings is 1. The number of aromatic nitrogens is 1. The maximum atomic E-state index is 4.56. The molecule has 2 aromatic rings. The zero-order valence-electron chi connectivity index (χ0n) is 19.0. The molecule has 1 unspecified atom stereocenters. The average molecular weight is 411 g/mol. The summed E-state index contributed by atoms with van der Waals surface area (Å²) in [5, 5.41) is 0. The molecule has 1 aromatic carbocycles. The highest BCUT2D eigenvalue weighted by atomic mass is 15.1. The van der Waals surface area contributed by atoms with Crippen molar-refractivity contribution >= 4 is 11.6 Å². The van der Waals surface area contributed by atoms with Gasteiger partial charge in [-0.15, -0.1) is 0 Å². The maximum absolute atomic E-state index is 4.56. The van der Waals surface area contributed by atoms with Gasteiger partial charge in [-0.1, -0.05) is 56.2 Å². The number of rotatable bonds is 4. The van der Waals surface area contributed by atoms with Crippen LogP contribution in [-0.4, -0.2) is 29.5 Å². The van der Waals surface area contributed by atoms with Crippen molar-refractivity contribution in [1.82, 2.24) is 9.88 Å². The van der Waals surface area contributed by atoms with Gasteiger partial charge in [-0.2, -0.15) is 0 Å². The molecule has 1 fully saturated rings. The molecular formula is C29H34N2. The topological polar surface area (TPSA) is 16.1 Å². The summed E-state index contributed by atoms with van der Waals surface area (Å²) in [5.74, 6) is 8.14. The van der Waals surface area contributed by atoms with Gasteiger partial charge >= 0.3 is 0 Å². The Morgan fingerprint density at radius 3 is 2.45 bits per heavy atom. The Bertz CT molecular complexity index is 962. The molecule has 2 heterocycles. The molecule has 1 aliphatic carbocycles. The SMILES string of the molecule is CC1CC=C(c2ccc(C#Cc3ccc(/C=C/CN4CCC(C)CC4)cc3)nc2)CC1. The molecule has 4 rings (SSSR count). The number of hydrogen-bond acceptors (Lipinski definition) is 2. The lowest BCUT2D eigenvalue weighted by atomic mass is 9.88. The van der Waals surface area contributed by atoms with Gasteiger partial charge in [-0.05, 0) is 97.8 Å². The van der Waals surface area contributed by atoms with Crippen molar-refractivity contribution in [2.75, 3.05) is 19.6 Å². The number of allylic oxidation sites excluding steroid dienone is 2. The van der Waals surface area contributed by atoms with E-state index >= 15 is 0 Å². The van der Waals surface area contributed by atoms with Crippen LogP contribution in [-0.2, 0) is 0 Å². The number of pyridine rings is 1. The van der Waals surface area contributed by atoms with Gasteiger partial charge in [0.15, 0.2) is 0 Å². The van der Waals surface area contributed by atoms with Crippen LogP contribution in [0.15, 0.2) is 54.7 Å². The first-order chi connectivity index (χ1) is 15.2. The van der Waals surface area contributed by atoms with Crippen molar-refractivity contribution in [3.05, 3.63) is 77.1 Å².